The Morgan fingerprint density at radius 3 is 2.70 bits per heavy atom. The van der Waals surface area contributed by atoms with E-state index in [-0.39, 0.29) is 11.9 Å². The molecule has 6 heteroatoms. The van der Waals surface area contributed by atoms with Crippen molar-refractivity contribution in [2.45, 2.75) is 20.8 Å². The summed E-state index contributed by atoms with van der Waals surface area (Å²) in [6.07, 6.45) is 5.25. The van der Waals surface area contributed by atoms with Crippen molar-refractivity contribution in [3.63, 3.8) is 0 Å². The maximum Gasteiger partial charge on any atom is 0.328 e. The Hall–Kier alpha value is -2.89. The number of nitrogens with one attached hydrogen (secondary N) is 1. The van der Waals surface area contributed by atoms with Gasteiger partial charge in [-0.05, 0) is 50.6 Å². The molecule has 0 bridgehead atoms. The van der Waals surface area contributed by atoms with Crippen LogP contribution < -0.4 is 5.32 Å². The lowest BCUT2D eigenvalue weighted by atomic mass is 10.2. The highest BCUT2D eigenvalue weighted by Gasteiger charge is 2.32. The number of carbonyl (C=O) groups excluding carboxylic acids is 2. The topological polar surface area (TPSA) is 67.2 Å². The molecule has 1 saturated heterocycles. The van der Waals surface area contributed by atoms with E-state index in [1.165, 1.54) is 4.90 Å². The third-order valence-corrected chi connectivity index (χ3v) is 3.95. The van der Waals surface area contributed by atoms with Crippen LogP contribution in [0.3, 0.4) is 0 Å². The van der Waals surface area contributed by atoms with Crippen LogP contribution in [0, 0.1) is 13.8 Å². The first-order valence-electron chi connectivity index (χ1n) is 7.46. The van der Waals surface area contributed by atoms with Gasteiger partial charge in [-0.3, -0.25) is 14.7 Å². The zero-order valence-electron chi connectivity index (χ0n) is 13.3. The number of hydrogen-bond acceptors (Lipinski definition) is 3. The molecule has 0 unspecified atom stereocenters. The minimum atomic E-state index is -0.371. The number of urea groups is 1. The number of hydrogen-bond donors (Lipinski definition) is 1. The third kappa shape index (κ3) is 2.52. The van der Waals surface area contributed by atoms with Crippen LogP contribution in [-0.2, 0) is 4.79 Å². The Morgan fingerprint density at radius 2 is 2.09 bits per heavy atom. The number of carbonyl (C=O) groups is 2. The van der Waals surface area contributed by atoms with Crippen molar-refractivity contribution in [2.24, 2.45) is 0 Å². The summed E-state index contributed by atoms with van der Waals surface area (Å²) in [6, 6.07) is 5.48. The third-order valence-electron chi connectivity index (χ3n) is 3.95. The van der Waals surface area contributed by atoms with Crippen LogP contribution in [-0.4, -0.2) is 32.9 Å². The van der Waals surface area contributed by atoms with E-state index in [4.69, 9.17) is 0 Å². The Morgan fingerprint density at radius 1 is 1.30 bits per heavy atom. The van der Waals surface area contributed by atoms with E-state index in [2.05, 4.69) is 14.9 Å². The molecule has 3 amide bonds. The summed E-state index contributed by atoms with van der Waals surface area (Å²) in [5.74, 6) is -0.288. The molecule has 23 heavy (non-hydrogen) atoms. The molecular formula is C17H18N4O2. The molecule has 0 spiro atoms. The molecule has 0 atom stereocenters. The minimum absolute atomic E-state index is 0.288. The first-order chi connectivity index (χ1) is 11.0. The number of likely N-dealkylation sites (N-methyl/N-ethyl adjacent to an activating group) is 1. The molecule has 1 fully saturated rings. The fourth-order valence-electron chi connectivity index (χ4n) is 2.83. The van der Waals surface area contributed by atoms with E-state index >= 15 is 0 Å². The number of aryl methyl sites for hydroxylation is 1. The monoisotopic (exact) mass is 310 g/mol. The van der Waals surface area contributed by atoms with Crippen LogP contribution >= 0.6 is 0 Å². The lowest BCUT2D eigenvalue weighted by molar-refractivity contribution is -0.122. The van der Waals surface area contributed by atoms with Gasteiger partial charge in [0.15, 0.2) is 0 Å². The van der Waals surface area contributed by atoms with Gasteiger partial charge in [-0.2, -0.15) is 0 Å². The molecule has 3 heterocycles. The maximum atomic E-state index is 12.2. The smallest absolute Gasteiger partial charge is 0.316 e. The zero-order valence-corrected chi connectivity index (χ0v) is 13.3. The summed E-state index contributed by atoms with van der Waals surface area (Å²) < 4.78 is 2.07. The first kappa shape index (κ1) is 15.0. The minimum Gasteiger partial charge on any atom is -0.316 e. The van der Waals surface area contributed by atoms with E-state index in [9.17, 15) is 9.59 Å². The Kier molecular flexibility index (Phi) is 3.73. The van der Waals surface area contributed by atoms with E-state index in [1.807, 2.05) is 32.0 Å². The van der Waals surface area contributed by atoms with Gasteiger partial charge in [-0.1, -0.05) is 0 Å². The molecule has 0 saturated carbocycles. The quantitative estimate of drug-likeness (QED) is 0.699. The van der Waals surface area contributed by atoms with Gasteiger partial charge < -0.3 is 9.88 Å². The standard InChI is InChI=1S/C17H18N4O2/c1-4-20-16(22)15(19-17(20)23)9-13-8-11(2)21(12(13)3)14-6-5-7-18-10-14/h5-10H,4H2,1-3H3,(H,19,23). The van der Waals surface area contributed by atoms with Gasteiger partial charge >= 0.3 is 6.03 Å². The average molecular weight is 310 g/mol. The Labute approximate surface area is 134 Å². The number of nitrogens with zero attached hydrogens (tertiary/aromatic N) is 3. The summed E-state index contributed by atoms with van der Waals surface area (Å²) >= 11 is 0. The molecule has 2 aromatic rings. The molecular weight excluding hydrogens is 292 g/mol. The second-order valence-electron chi connectivity index (χ2n) is 5.41. The van der Waals surface area contributed by atoms with Crippen molar-refractivity contribution in [3.8, 4) is 5.69 Å². The zero-order chi connectivity index (χ0) is 16.6. The predicted molar refractivity (Wildman–Crippen MR) is 86.9 cm³/mol. The number of pyridine rings is 1. The van der Waals surface area contributed by atoms with E-state index in [0.717, 1.165) is 22.6 Å². The van der Waals surface area contributed by atoms with Crippen LogP contribution in [0.5, 0.6) is 0 Å². The first-order valence-corrected chi connectivity index (χ1v) is 7.46. The van der Waals surface area contributed by atoms with Gasteiger partial charge in [0.05, 0.1) is 11.9 Å². The summed E-state index contributed by atoms with van der Waals surface area (Å²) in [6.45, 7) is 6.10. The van der Waals surface area contributed by atoms with Crippen LogP contribution in [0.15, 0.2) is 36.3 Å². The van der Waals surface area contributed by atoms with Crippen molar-refractivity contribution in [1.29, 1.82) is 0 Å². The highest BCUT2D eigenvalue weighted by molar-refractivity contribution is 6.14. The van der Waals surface area contributed by atoms with Gasteiger partial charge in [0.2, 0.25) is 0 Å². The number of rotatable bonds is 3. The maximum absolute atomic E-state index is 12.2. The lowest BCUT2D eigenvalue weighted by Gasteiger charge is -2.08. The number of imide groups is 1. The fraction of sp³-hybridized carbons (Fsp3) is 0.235. The highest BCUT2D eigenvalue weighted by atomic mass is 16.2. The molecule has 3 rings (SSSR count). The molecule has 118 valence electrons. The van der Waals surface area contributed by atoms with E-state index < -0.39 is 0 Å². The SMILES string of the molecule is CCN1C(=O)NC(=Cc2cc(C)n(-c3cccnc3)c2C)C1=O. The van der Waals surface area contributed by atoms with Gasteiger partial charge in [0, 0.05) is 24.1 Å². The average Bonchev–Trinajstić information content (AvgIpc) is 2.96. The summed E-state index contributed by atoms with van der Waals surface area (Å²) in [7, 11) is 0. The summed E-state index contributed by atoms with van der Waals surface area (Å²) in [5, 5.41) is 2.63. The van der Waals surface area contributed by atoms with Gasteiger partial charge in [0.25, 0.3) is 5.91 Å². The van der Waals surface area contributed by atoms with E-state index in [1.54, 1.807) is 25.4 Å². The molecule has 0 aliphatic carbocycles. The molecule has 0 radical (unpaired) electrons. The van der Waals surface area contributed by atoms with Gasteiger partial charge in [-0.15, -0.1) is 0 Å². The molecule has 1 N–H and O–H groups in total. The van der Waals surface area contributed by atoms with Crippen molar-refractivity contribution >= 4 is 18.0 Å². The van der Waals surface area contributed by atoms with Crippen molar-refractivity contribution in [2.75, 3.05) is 6.54 Å². The van der Waals surface area contributed by atoms with Crippen molar-refractivity contribution in [1.82, 2.24) is 19.8 Å². The van der Waals surface area contributed by atoms with E-state index in [0.29, 0.717) is 12.2 Å². The van der Waals surface area contributed by atoms with Gasteiger partial charge in [-0.25, -0.2) is 4.79 Å². The summed E-state index contributed by atoms with van der Waals surface area (Å²) in [5.41, 5.74) is 4.19. The molecule has 1 aliphatic heterocycles. The Bertz CT molecular complexity index is 806. The van der Waals surface area contributed by atoms with Crippen molar-refractivity contribution in [3.05, 3.63) is 53.2 Å². The van der Waals surface area contributed by atoms with Crippen molar-refractivity contribution < 1.29 is 9.59 Å². The molecule has 2 aromatic heterocycles. The second-order valence-corrected chi connectivity index (χ2v) is 5.41. The lowest BCUT2D eigenvalue weighted by Crippen LogP contribution is -2.30. The predicted octanol–water partition coefficient (Wildman–Crippen LogP) is 2.40. The second kappa shape index (κ2) is 5.72. The number of amides is 3. The van der Waals surface area contributed by atoms with Crippen LogP contribution in [0.4, 0.5) is 4.79 Å². The van der Waals surface area contributed by atoms with Crippen LogP contribution in [0.1, 0.15) is 23.9 Å². The fourth-order valence-corrected chi connectivity index (χ4v) is 2.83. The molecule has 1 aliphatic rings. The normalized spacial score (nSPS) is 16.3. The molecule has 0 aromatic carbocycles. The molecule has 6 nitrogen and oxygen atoms in total. The summed E-state index contributed by atoms with van der Waals surface area (Å²) in [4.78, 5) is 29.2. The number of aromatic nitrogens is 2. The highest BCUT2D eigenvalue weighted by Crippen LogP contribution is 2.23. The van der Waals surface area contributed by atoms with Crippen LogP contribution in [0.2, 0.25) is 0 Å². The Balaban J connectivity index is 2.02. The van der Waals surface area contributed by atoms with Crippen LogP contribution in [0.25, 0.3) is 11.8 Å². The largest absolute Gasteiger partial charge is 0.328 e. The van der Waals surface area contributed by atoms with Gasteiger partial charge in [0.1, 0.15) is 5.70 Å².